The van der Waals surface area contributed by atoms with Gasteiger partial charge in [0.2, 0.25) is 0 Å². The highest BCUT2D eigenvalue weighted by atomic mass is 16.5. The van der Waals surface area contributed by atoms with Crippen LogP contribution in [0.25, 0.3) is 11.1 Å². The SMILES string of the molecule is COC(=O)[C@H](CC1CCCCC1)[C@@H](C)NC(=O)c1ccc(-c2ccccc2)cc1. The number of carbonyl (C=O) groups is 2. The van der Waals surface area contributed by atoms with Crippen molar-refractivity contribution in [1.29, 1.82) is 0 Å². The molecular weight excluding hydrogens is 362 g/mol. The van der Waals surface area contributed by atoms with E-state index in [0.29, 0.717) is 11.5 Å². The van der Waals surface area contributed by atoms with Crippen LogP contribution in [0.15, 0.2) is 54.6 Å². The van der Waals surface area contributed by atoms with Gasteiger partial charge in [0, 0.05) is 11.6 Å². The van der Waals surface area contributed by atoms with E-state index in [1.807, 2.05) is 61.5 Å². The van der Waals surface area contributed by atoms with Crippen molar-refractivity contribution in [2.45, 2.75) is 51.5 Å². The predicted octanol–water partition coefficient (Wildman–Crippen LogP) is 5.23. The summed E-state index contributed by atoms with van der Waals surface area (Å²) >= 11 is 0. The molecule has 1 aliphatic rings. The van der Waals surface area contributed by atoms with Gasteiger partial charge in [-0.1, -0.05) is 74.6 Å². The molecule has 0 aromatic heterocycles. The molecule has 4 nitrogen and oxygen atoms in total. The number of hydrogen-bond donors (Lipinski definition) is 1. The van der Waals surface area contributed by atoms with Crippen LogP contribution in [-0.4, -0.2) is 25.0 Å². The minimum absolute atomic E-state index is 0.158. The first-order valence-corrected chi connectivity index (χ1v) is 10.6. The molecule has 0 spiro atoms. The van der Waals surface area contributed by atoms with Crippen LogP contribution in [-0.2, 0) is 9.53 Å². The van der Waals surface area contributed by atoms with Gasteiger partial charge in [0.25, 0.3) is 5.91 Å². The molecule has 1 saturated carbocycles. The van der Waals surface area contributed by atoms with Crippen LogP contribution in [0.5, 0.6) is 0 Å². The maximum atomic E-state index is 12.7. The molecule has 0 aliphatic heterocycles. The molecule has 154 valence electrons. The van der Waals surface area contributed by atoms with Gasteiger partial charge in [-0.25, -0.2) is 0 Å². The summed E-state index contributed by atoms with van der Waals surface area (Å²) < 4.78 is 5.04. The molecule has 1 aliphatic carbocycles. The molecule has 0 unspecified atom stereocenters. The second-order valence-electron chi connectivity index (χ2n) is 8.07. The van der Waals surface area contributed by atoms with Crippen LogP contribution in [0, 0.1) is 11.8 Å². The Morgan fingerprint density at radius 3 is 2.21 bits per heavy atom. The number of methoxy groups -OCH3 is 1. The number of ether oxygens (including phenoxy) is 1. The summed E-state index contributed by atoms with van der Waals surface area (Å²) in [5.41, 5.74) is 2.78. The first-order valence-electron chi connectivity index (χ1n) is 10.6. The Kier molecular flexibility index (Phi) is 7.45. The molecule has 3 rings (SSSR count). The van der Waals surface area contributed by atoms with Crippen molar-refractivity contribution in [1.82, 2.24) is 5.32 Å². The van der Waals surface area contributed by atoms with Crippen molar-refractivity contribution in [3.63, 3.8) is 0 Å². The molecule has 1 fully saturated rings. The van der Waals surface area contributed by atoms with Crippen molar-refractivity contribution in [2.24, 2.45) is 11.8 Å². The number of nitrogens with one attached hydrogen (secondary N) is 1. The quantitative estimate of drug-likeness (QED) is 0.655. The first kappa shape index (κ1) is 21.1. The van der Waals surface area contributed by atoms with E-state index in [2.05, 4.69) is 5.32 Å². The fourth-order valence-electron chi connectivity index (χ4n) is 4.27. The lowest BCUT2D eigenvalue weighted by Gasteiger charge is -2.29. The van der Waals surface area contributed by atoms with E-state index in [9.17, 15) is 9.59 Å². The van der Waals surface area contributed by atoms with Crippen LogP contribution in [0.1, 0.15) is 55.8 Å². The molecular formula is C25H31NO3. The minimum Gasteiger partial charge on any atom is -0.469 e. The average Bonchev–Trinajstić information content (AvgIpc) is 2.78. The number of benzene rings is 2. The molecule has 0 bridgehead atoms. The summed E-state index contributed by atoms with van der Waals surface area (Å²) in [6, 6.07) is 17.4. The monoisotopic (exact) mass is 393 g/mol. The van der Waals surface area contributed by atoms with Crippen molar-refractivity contribution in [3.05, 3.63) is 60.2 Å². The zero-order valence-electron chi connectivity index (χ0n) is 17.4. The van der Waals surface area contributed by atoms with Gasteiger partial charge in [-0.05, 0) is 42.5 Å². The van der Waals surface area contributed by atoms with E-state index < -0.39 is 0 Å². The fourth-order valence-corrected chi connectivity index (χ4v) is 4.27. The zero-order chi connectivity index (χ0) is 20.6. The number of hydrogen-bond acceptors (Lipinski definition) is 3. The summed E-state index contributed by atoms with van der Waals surface area (Å²) in [5.74, 6) is -0.162. The minimum atomic E-state index is -0.310. The third-order valence-corrected chi connectivity index (χ3v) is 6.03. The van der Waals surface area contributed by atoms with Crippen LogP contribution in [0.3, 0.4) is 0 Å². The van der Waals surface area contributed by atoms with Gasteiger partial charge in [-0.3, -0.25) is 9.59 Å². The number of amides is 1. The highest BCUT2D eigenvalue weighted by Crippen LogP contribution is 2.30. The lowest BCUT2D eigenvalue weighted by atomic mass is 9.80. The second kappa shape index (κ2) is 10.2. The molecule has 2 aromatic carbocycles. The Bertz CT molecular complexity index is 795. The molecule has 1 amide bonds. The average molecular weight is 394 g/mol. The summed E-state index contributed by atoms with van der Waals surface area (Å²) in [4.78, 5) is 25.1. The summed E-state index contributed by atoms with van der Waals surface area (Å²) in [6.45, 7) is 1.90. The molecule has 4 heteroatoms. The van der Waals surface area contributed by atoms with E-state index in [1.54, 1.807) is 0 Å². The number of carbonyl (C=O) groups excluding carboxylic acids is 2. The van der Waals surface area contributed by atoms with Gasteiger partial charge >= 0.3 is 5.97 Å². The van der Waals surface area contributed by atoms with Gasteiger partial charge in [0.15, 0.2) is 0 Å². The highest BCUT2D eigenvalue weighted by molar-refractivity contribution is 5.95. The van der Waals surface area contributed by atoms with Crippen LogP contribution < -0.4 is 5.32 Å². The van der Waals surface area contributed by atoms with Gasteiger partial charge < -0.3 is 10.1 Å². The largest absolute Gasteiger partial charge is 0.469 e. The topological polar surface area (TPSA) is 55.4 Å². The van der Waals surface area contributed by atoms with Gasteiger partial charge in [0.05, 0.1) is 13.0 Å². The van der Waals surface area contributed by atoms with Gasteiger partial charge in [-0.2, -0.15) is 0 Å². The molecule has 0 heterocycles. The van der Waals surface area contributed by atoms with E-state index >= 15 is 0 Å². The Labute approximate surface area is 173 Å². The normalized spacial score (nSPS) is 16.6. The van der Waals surface area contributed by atoms with E-state index in [1.165, 1.54) is 26.4 Å². The van der Waals surface area contributed by atoms with Gasteiger partial charge in [-0.15, -0.1) is 0 Å². The number of rotatable bonds is 7. The lowest BCUT2D eigenvalue weighted by molar-refractivity contribution is -0.147. The van der Waals surface area contributed by atoms with Crippen LogP contribution in [0.2, 0.25) is 0 Å². The smallest absolute Gasteiger partial charge is 0.310 e. The summed E-state index contributed by atoms with van der Waals surface area (Å²) in [5, 5.41) is 3.02. The van der Waals surface area contributed by atoms with Gasteiger partial charge in [0.1, 0.15) is 0 Å². The second-order valence-corrected chi connectivity index (χ2v) is 8.07. The van der Waals surface area contributed by atoms with Crippen molar-refractivity contribution in [3.8, 4) is 11.1 Å². The summed E-state index contributed by atoms with van der Waals surface area (Å²) in [7, 11) is 1.42. The summed E-state index contributed by atoms with van der Waals surface area (Å²) in [6.07, 6.45) is 6.84. The van der Waals surface area contributed by atoms with Crippen molar-refractivity contribution >= 4 is 11.9 Å². The Morgan fingerprint density at radius 2 is 1.59 bits per heavy atom. The third kappa shape index (κ3) is 5.69. The Hall–Kier alpha value is -2.62. The molecule has 2 atom stereocenters. The number of esters is 1. The van der Waals surface area contributed by atoms with E-state index in [-0.39, 0.29) is 23.8 Å². The van der Waals surface area contributed by atoms with Crippen molar-refractivity contribution in [2.75, 3.05) is 7.11 Å². The molecule has 2 aromatic rings. The molecule has 1 N–H and O–H groups in total. The van der Waals surface area contributed by atoms with Crippen LogP contribution >= 0.6 is 0 Å². The Morgan fingerprint density at radius 1 is 0.966 bits per heavy atom. The maximum absolute atomic E-state index is 12.7. The standard InChI is InChI=1S/C25H31NO3/c1-18(23(25(28)29-2)17-19-9-5-3-6-10-19)26-24(27)22-15-13-21(14-16-22)20-11-7-4-8-12-20/h4,7-8,11-16,18-19,23H,3,5-6,9-10,17H2,1-2H3,(H,26,27)/t18-,23-/m1/s1. The first-order chi connectivity index (χ1) is 14.1. The lowest BCUT2D eigenvalue weighted by Crippen LogP contribution is -2.42. The van der Waals surface area contributed by atoms with Crippen molar-refractivity contribution < 1.29 is 14.3 Å². The highest BCUT2D eigenvalue weighted by Gasteiger charge is 2.30. The Balaban J connectivity index is 1.64. The van der Waals surface area contributed by atoms with Crippen LogP contribution in [0.4, 0.5) is 0 Å². The predicted molar refractivity (Wildman–Crippen MR) is 116 cm³/mol. The molecule has 0 radical (unpaired) electrons. The van der Waals surface area contributed by atoms with E-state index in [4.69, 9.17) is 4.74 Å². The van der Waals surface area contributed by atoms with E-state index in [0.717, 1.165) is 30.4 Å². The third-order valence-electron chi connectivity index (χ3n) is 6.03. The molecule has 0 saturated heterocycles. The molecule has 29 heavy (non-hydrogen) atoms. The zero-order valence-corrected chi connectivity index (χ0v) is 17.4. The fraction of sp³-hybridized carbons (Fsp3) is 0.440. The maximum Gasteiger partial charge on any atom is 0.310 e.